The van der Waals surface area contributed by atoms with Gasteiger partial charge in [0.2, 0.25) is 0 Å². The second kappa shape index (κ2) is 6.44. The smallest absolute Gasteiger partial charge is 0.137 e. The molecule has 0 spiro atoms. The molecule has 1 fully saturated rings. The Morgan fingerprint density at radius 2 is 1.83 bits per heavy atom. The number of benzene rings is 1. The van der Waals surface area contributed by atoms with Crippen LogP contribution in [0.2, 0.25) is 0 Å². The van der Waals surface area contributed by atoms with Crippen LogP contribution in [0.1, 0.15) is 66.1 Å². The maximum absolute atomic E-state index is 6.12. The van der Waals surface area contributed by atoms with Gasteiger partial charge < -0.3 is 14.5 Å². The zero-order valence-corrected chi connectivity index (χ0v) is 15.8. The summed E-state index contributed by atoms with van der Waals surface area (Å²) in [6.45, 7) is 13.3. The third-order valence-electron chi connectivity index (χ3n) is 4.99. The molecule has 3 heteroatoms. The Morgan fingerprint density at radius 1 is 1.12 bits per heavy atom. The van der Waals surface area contributed by atoms with Crippen LogP contribution in [0, 0.1) is 5.92 Å². The first-order valence-corrected chi connectivity index (χ1v) is 9.19. The van der Waals surface area contributed by atoms with Crippen LogP contribution in [0.5, 0.6) is 5.75 Å². The lowest BCUT2D eigenvalue weighted by Gasteiger charge is -2.40. The van der Waals surface area contributed by atoms with Gasteiger partial charge in [-0.05, 0) is 57.7 Å². The van der Waals surface area contributed by atoms with Crippen molar-refractivity contribution < 1.29 is 9.15 Å². The monoisotopic (exact) mass is 329 g/mol. The first-order chi connectivity index (χ1) is 11.2. The van der Waals surface area contributed by atoms with Crippen LogP contribution >= 0.6 is 0 Å². The van der Waals surface area contributed by atoms with E-state index >= 15 is 0 Å². The molecule has 0 bridgehead atoms. The van der Waals surface area contributed by atoms with Gasteiger partial charge in [-0.1, -0.05) is 20.8 Å². The summed E-state index contributed by atoms with van der Waals surface area (Å²) in [5.41, 5.74) is 1.10. The minimum atomic E-state index is 0.173. The Labute approximate surface area is 145 Å². The van der Waals surface area contributed by atoms with Crippen molar-refractivity contribution in [1.29, 1.82) is 0 Å². The maximum atomic E-state index is 6.12. The lowest BCUT2D eigenvalue weighted by Crippen LogP contribution is -2.53. The van der Waals surface area contributed by atoms with Gasteiger partial charge in [-0.25, -0.2) is 0 Å². The summed E-state index contributed by atoms with van der Waals surface area (Å²) in [6.07, 6.45) is 2.46. The van der Waals surface area contributed by atoms with E-state index in [0.29, 0.717) is 24.0 Å². The van der Waals surface area contributed by atoms with Crippen molar-refractivity contribution >= 4 is 11.0 Å². The van der Waals surface area contributed by atoms with Crippen molar-refractivity contribution in [3.05, 3.63) is 30.0 Å². The summed E-state index contributed by atoms with van der Waals surface area (Å²) in [6, 6.07) is 8.94. The van der Waals surface area contributed by atoms with Crippen molar-refractivity contribution in [3.8, 4) is 5.75 Å². The van der Waals surface area contributed by atoms with Gasteiger partial charge in [0, 0.05) is 29.0 Å². The predicted octanol–water partition coefficient (Wildman–Crippen LogP) is 5.49. The molecule has 0 saturated heterocycles. The van der Waals surface area contributed by atoms with E-state index in [4.69, 9.17) is 9.15 Å². The Balaban J connectivity index is 1.62. The van der Waals surface area contributed by atoms with E-state index in [0.717, 1.165) is 35.3 Å². The zero-order chi connectivity index (χ0) is 17.5. The van der Waals surface area contributed by atoms with Gasteiger partial charge in [-0.2, -0.15) is 0 Å². The highest BCUT2D eigenvalue weighted by Gasteiger charge is 2.33. The zero-order valence-electron chi connectivity index (χ0n) is 15.8. The normalized spacial score (nSPS) is 22.6. The van der Waals surface area contributed by atoms with Crippen molar-refractivity contribution in [2.45, 2.75) is 78.0 Å². The Kier molecular flexibility index (Phi) is 4.65. The molecule has 24 heavy (non-hydrogen) atoms. The first-order valence-electron chi connectivity index (χ1n) is 9.19. The molecule has 0 radical (unpaired) electrons. The third-order valence-corrected chi connectivity index (χ3v) is 4.99. The molecule has 2 aromatic rings. The van der Waals surface area contributed by atoms with Gasteiger partial charge >= 0.3 is 0 Å². The lowest BCUT2D eigenvalue weighted by molar-refractivity contribution is 0.0735. The Morgan fingerprint density at radius 3 is 2.46 bits per heavy atom. The molecule has 132 valence electrons. The standard InChI is InChI=1S/C21H31NO2/c1-13(2)14(3)19-9-15-7-8-17(12-20(15)24-19)23-18-10-16(11-18)22-21(4,5)6/h7-9,12-14,16,18,22H,10-11H2,1-6H3/t14-,16-,18+/m0/s1. The predicted molar refractivity (Wildman–Crippen MR) is 99.8 cm³/mol. The topological polar surface area (TPSA) is 34.4 Å². The molecule has 1 heterocycles. The molecule has 1 aliphatic carbocycles. The molecule has 1 aliphatic rings. The highest BCUT2D eigenvalue weighted by molar-refractivity contribution is 5.79. The largest absolute Gasteiger partial charge is 0.490 e. The van der Waals surface area contributed by atoms with Crippen molar-refractivity contribution in [1.82, 2.24) is 5.32 Å². The van der Waals surface area contributed by atoms with Crippen LogP contribution in [-0.4, -0.2) is 17.7 Å². The molecular formula is C21H31NO2. The van der Waals surface area contributed by atoms with E-state index < -0.39 is 0 Å². The number of rotatable bonds is 5. The van der Waals surface area contributed by atoms with Crippen LogP contribution in [-0.2, 0) is 0 Å². The summed E-state index contributed by atoms with van der Waals surface area (Å²) < 4.78 is 12.2. The van der Waals surface area contributed by atoms with Gasteiger partial charge in [0.1, 0.15) is 23.2 Å². The first kappa shape index (κ1) is 17.3. The summed E-state index contributed by atoms with van der Waals surface area (Å²) in [5.74, 6) is 2.98. The second-order valence-corrected chi connectivity index (χ2v) is 8.68. The second-order valence-electron chi connectivity index (χ2n) is 8.68. The summed E-state index contributed by atoms with van der Waals surface area (Å²) in [7, 11) is 0. The van der Waals surface area contributed by atoms with E-state index in [1.54, 1.807) is 0 Å². The van der Waals surface area contributed by atoms with Crippen LogP contribution in [0.25, 0.3) is 11.0 Å². The Bertz CT molecular complexity index is 689. The molecule has 1 aromatic carbocycles. The van der Waals surface area contributed by atoms with E-state index in [1.165, 1.54) is 0 Å². The van der Waals surface area contributed by atoms with Crippen molar-refractivity contribution in [2.24, 2.45) is 5.92 Å². The molecule has 0 unspecified atom stereocenters. The number of fused-ring (bicyclic) bond motifs is 1. The van der Waals surface area contributed by atoms with Crippen LogP contribution in [0.3, 0.4) is 0 Å². The number of hydrogen-bond donors (Lipinski definition) is 1. The minimum Gasteiger partial charge on any atom is -0.490 e. The number of nitrogens with one attached hydrogen (secondary N) is 1. The van der Waals surface area contributed by atoms with Gasteiger partial charge in [-0.3, -0.25) is 0 Å². The maximum Gasteiger partial charge on any atom is 0.137 e. The van der Waals surface area contributed by atoms with E-state index in [1.807, 2.05) is 6.07 Å². The highest BCUT2D eigenvalue weighted by atomic mass is 16.5. The number of hydrogen-bond acceptors (Lipinski definition) is 3. The average molecular weight is 329 g/mol. The molecule has 1 N–H and O–H groups in total. The van der Waals surface area contributed by atoms with Crippen molar-refractivity contribution in [3.63, 3.8) is 0 Å². The SMILES string of the molecule is CC(C)[C@H](C)c1cc2ccc(O[C@H]3C[C@@H](NC(C)(C)C)C3)cc2o1. The summed E-state index contributed by atoms with van der Waals surface area (Å²) in [4.78, 5) is 0. The molecule has 1 atom stereocenters. The molecule has 3 nitrogen and oxygen atoms in total. The minimum absolute atomic E-state index is 0.173. The summed E-state index contributed by atoms with van der Waals surface area (Å²) in [5, 5.41) is 4.79. The van der Waals surface area contributed by atoms with Crippen LogP contribution in [0.4, 0.5) is 0 Å². The fourth-order valence-electron chi connectivity index (χ4n) is 3.24. The van der Waals surface area contributed by atoms with Crippen LogP contribution < -0.4 is 10.1 Å². The fraction of sp³-hybridized carbons (Fsp3) is 0.619. The molecule has 3 rings (SSSR count). The van der Waals surface area contributed by atoms with Crippen molar-refractivity contribution in [2.75, 3.05) is 0 Å². The molecular weight excluding hydrogens is 298 g/mol. The van der Waals surface area contributed by atoms with Crippen LogP contribution in [0.15, 0.2) is 28.7 Å². The molecule has 1 aromatic heterocycles. The van der Waals surface area contributed by atoms with E-state index in [9.17, 15) is 0 Å². The van der Waals surface area contributed by atoms with E-state index in [2.05, 4.69) is 65.1 Å². The summed E-state index contributed by atoms with van der Waals surface area (Å²) >= 11 is 0. The third kappa shape index (κ3) is 3.94. The highest BCUT2D eigenvalue weighted by Crippen LogP contribution is 2.33. The van der Waals surface area contributed by atoms with Gasteiger partial charge in [0.05, 0.1) is 0 Å². The van der Waals surface area contributed by atoms with Gasteiger partial charge in [0.15, 0.2) is 0 Å². The molecule has 0 amide bonds. The van der Waals surface area contributed by atoms with Gasteiger partial charge in [-0.15, -0.1) is 0 Å². The Hall–Kier alpha value is -1.48. The molecule has 1 saturated carbocycles. The number of furan rings is 1. The quantitative estimate of drug-likeness (QED) is 0.787. The van der Waals surface area contributed by atoms with Gasteiger partial charge in [0.25, 0.3) is 0 Å². The molecule has 0 aliphatic heterocycles. The fourth-order valence-corrected chi connectivity index (χ4v) is 3.24. The number of ether oxygens (including phenoxy) is 1. The average Bonchev–Trinajstić information content (AvgIpc) is 2.85. The van der Waals surface area contributed by atoms with E-state index in [-0.39, 0.29) is 5.54 Å². The lowest BCUT2D eigenvalue weighted by atomic mass is 9.87.